The van der Waals surface area contributed by atoms with Gasteiger partial charge >= 0.3 is 0 Å². The van der Waals surface area contributed by atoms with Crippen LogP contribution in [-0.4, -0.2) is 28.3 Å². The first-order valence-electron chi connectivity index (χ1n) is 8.48. The first-order valence-corrected chi connectivity index (χ1v) is 8.48. The summed E-state index contributed by atoms with van der Waals surface area (Å²) in [7, 11) is 0. The minimum Gasteiger partial charge on any atom is -0.511 e. The number of carbonyl (C=O) groups excluding carboxylic acids is 1. The summed E-state index contributed by atoms with van der Waals surface area (Å²) in [5.41, 5.74) is 5.22. The zero-order chi connectivity index (χ0) is 18.4. The molecule has 4 nitrogen and oxygen atoms in total. The van der Waals surface area contributed by atoms with Crippen LogP contribution in [0.3, 0.4) is 0 Å². The average Bonchev–Trinajstić information content (AvgIpc) is 2.46. The molecule has 0 saturated carbocycles. The minimum atomic E-state index is -0.102. The zero-order valence-electron chi connectivity index (χ0n) is 15.4. The number of ketones is 1. The Kier molecular flexibility index (Phi) is 7.36. The molecule has 3 N–H and O–H groups in total. The van der Waals surface area contributed by atoms with Crippen molar-refractivity contribution in [3.63, 3.8) is 0 Å². The van der Waals surface area contributed by atoms with Gasteiger partial charge in [-0.25, -0.2) is 0 Å². The summed E-state index contributed by atoms with van der Waals surface area (Å²) in [5, 5.41) is 25.6. The lowest BCUT2D eigenvalue weighted by atomic mass is 9.78. The van der Waals surface area contributed by atoms with E-state index in [1.807, 2.05) is 6.92 Å². The number of rotatable bonds is 3. The number of nitrogens with one attached hydrogen (secondary N) is 1. The monoisotopic (exact) mass is 331 g/mol. The molecule has 0 amide bonds. The molecule has 0 spiro atoms. The molecular formula is C20H29NO3. The van der Waals surface area contributed by atoms with Crippen LogP contribution < -0.4 is 0 Å². The number of aliphatic hydroxyl groups excluding tert-OH is 2. The van der Waals surface area contributed by atoms with Gasteiger partial charge in [0.2, 0.25) is 0 Å². The van der Waals surface area contributed by atoms with E-state index in [-0.39, 0.29) is 35.4 Å². The van der Waals surface area contributed by atoms with E-state index in [0.717, 1.165) is 0 Å². The van der Waals surface area contributed by atoms with Crippen LogP contribution in [0.2, 0.25) is 0 Å². The molecule has 1 unspecified atom stereocenters. The topological polar surface area (TPSA) is 81.4 Å². The van der Waals surface area contributed by atoms with Crippen molar-refractivity contribution in [2.24, 2.45) is 0 Å². The Balaban J connectivity index is 0.000000891. The second kappa shape index (κ2) is 8.78. The lowest BCUT2D eigenvalue weighted by molar-refractivity contribution is -0.116. The molecular weight excluding hydrogens is 302 g/mol. The Morgan fingerprint density at radius 2 is 1.67 bits per heavy atom. The lowest BCUT2D eigenvalue weighted by Crippen LogP contribution is -2.23. The van der Waals surface area contributed by atoms with E-state index < -0.39 is 0 Å². The van der Waals surface area contributed by atoms with E-state index in [4.69, 9.17) is 10.5 Å². The molecule has 0 aromatic heterocycles. The molecule has 132 valence electrons. The summed E-state index contributed by atoms with van der Waals surface area (Å²) in [6, 6.07) is 4.24. The van der Waals surface area contributed by atoms with Crippen LogP contribution in [0.1, 0.15) is 61.3 Å². The lowest BCUT2D eigenvalue weighted by Gasteiger charge is -2.26. The molecule has 1 aliphatic carbocycles. The van der Waals surface area contributed by atoms with Crippen molar-refractivity contribution in [3.8, 4) is 0 Å². The quantitative estimate of drug-likeness (QED) is 0.722. The van der Waals surface area contributed by atoms with Gasteiger partial charge in [0.15, 0.2) is 5.78 Å². The second-order valence-electron chi connectivity index (χ2n) is 6.31. The summed E-state index contributed by atoms with van der Waals surface area (Å²) < 4.78 is 0. The third-order valence-corrected chi connectivity index (χ3v) is 4.24. The Hall–Kier alpha value is -1.94. The van der Waals surface area contributed by atoms with Crippen molar-refractivity contribution in [2.75, 3.05) is 6.61 Å². The largest absolute Gasteiger partial charge is 0.511 e. The molecule has 0 radical (unpaired) electrons. The predicted octanol–water partition coefficient (Wildman–Crippen LogP) is 4.30. The Morgan fingerprint density at radius 3 is 2.08 bits per heavy atom. The smallest absolute Gasteiger partial charge is 0.168 e. The normalized spacial score (nSPS) is 17.4. The number of carbonyl (C=O) groups is 1. The fourth-order valence-electron chi connectivity index (χ4n) is 3.45. The number of Topliss-reactive ketones (excluding diaryl/α,β-unsaturated/α-hetero) is 1. The summed E-state index contributed by atoms with van der Waals surface area (Å²) in [4.78, 5) is 12.3. The first-order chi connectivity index (χ1) is 11.3. The Labute approximate surface area is 144 Å². The van der Waals surface area contributed by atoms with Crippen molar-refractivity contribution in [1.82, 2.24) is 0 Å². The first kappa shape index (κ1) is 20.1. The van der Waals surface area contributed by atoms with Gasteiger partial charge < -0.3 is 15.6 Å². The third kappa shape index (κ3) is 4.54. The zero-order valence-corrected chi connectivity index (χ0v) is 15.4. The van der Waals surface area contributed by atoms with E-state index >= 15 is 0 Å². The number of allylic oxidation sites excluding steroid dienone is 2. The van der Waals surface area contributed by atoms with Crippen LogP contribution in [0.15, 0.2) is 23.5 Å². The molecule has 2 rings (SSSR count). The number of hydrogen-bond acceptors (Lipinski definition) is 4. The molecule has 0 bridgehead atoms. The second-order valence-corrected chi connectivity index (χ2v) is 6.31. The van der Waals surface area contributed by atoms with Gasteiger partial charge in [-0.15, -0.1) is 0 Å². The van der Waals surface area contributed by atoms with Gasteiger partial charge in [0.25, 0.3) is 0 Å². The van der Waals surface area contributed by atoms with E-state index in [2.05, 4.69) is 32.9 Å². The van der Waals surface area contributed by atoms with Crippen LogP contribution in [0.5, 0.6) is 0 Å². The highest BCUT2D eigenvalue weighted by atomic mass is 16.3. The molecule has 4 heteroatoms. The van der Waals surface area contributed by atoms with Crippen LogP contribution in [0, 0.1) is 26.2 Å². The van der Waals surface area contributed by atoms with Crippen LogP contribution in [0.4, 0.5) is 0 Å². The third-order valence-electron chi connectivity index (χ3n) is 4.24. The van der Waals surface area contributed by atoms with Crippen LogP contribution in [0.25, 0.3) is 0 Å². The Morgan fingerprint density at radius 1 is 1.17 bits per heavy atom. The number of benzene rings is 1. The van der Waals surface area contributed by atoms with Crippen molar-refractivity contribution in [1.29, 1.82) is 5.41 Å². The highest BCUT2D eigenvalue weighted by molar-refractivity contribution is 6.22. The van der Waals surface area contributed by atoms with E-state index in [1.54, 1.807) is 6.92 Å². The SMILES string of the molecule is CCC(=N)C1=C(O)CC(c2c(C)cc(C)cc2C)CC1=O.CCO. The highest BCUT2D eigenvalue weighted by Gasteiger charge is 2.31. The minimum absolute atomic E-state index is 0.0199. The fraction of sp³-hybridized carbons (Fsp3) is 0.500. The average molecular weight is 331 g/mol. The molecule has 0 saturated heterocycles. The van der Waals surface area contributed by atoms with Crippen molar-refractivity contribution < 1.29 is 15.0 Å². The number of hydrogen-bond donors (Lipinski definition) is 3. The van der Waals surface area contributed by atoms with Gasteiger partial charge in [0.1, 0.15) is 5.76 Å². The van der Waals surface area contributed by atoms with Gasteiger partial charge in [0.05, 0.1) is 5.57 Å². The van der Waals surface area contributed by atoms with Crippen LogP contribution >= 0.6 is 0 Å². The maximum Gasteiger partial charge on any atom is 0.168 e. The number of aliphatic hydroxyl groups is 2. The summed E-state index contributed by atoms with van der Waals surface area (Å²) in [5.74, 6) is 0.00366. The molecule has 1 aliphatic rings. The van der Waals surface area contributed by atoms with Gasteiger partial charge in [-0.3, -0.25) is 4.79 Å². The van der Waals surface area contributed by atoms with E-state index in [0.29, 0.717) is 19.3 Å². The number of aryl methyl sites for hydroxylation is 3. The van der Waals surface area contributed by atoms with Gasteiger partial charge in [-0.05, 0) is 56.7 Å². The molecule has 1 aromatic rings. The Bertz CT molecular complexity index is 636. The predicted molar refractivity (Wildman–Crippen MR) is 98.1 cm³/mol. The van der Waals surface area contributed by atoms with Crippen molar-refractivity contribution in [3.05, 3.63) is 45.7 Å². The van der Waals surface area contributed by atoms with Crippen molar-refractivity contribution in [2.45, 2.75) is 59.8 Å². The van der Waals surface area contributed by atoms with Gasteiger partial charge in [-0.2, -0.15) is 0 Å². The summed E-state index contributed by atoms with van der Waals surface area (Å²) in [6.45, 7) is 9.94. The van der Waals surface area contributed by atoms with E-state index in [1.165, 1.54) is 22.3 Å². The maximum atomic E-state index is 12.3. The summed E-state index contributed by atoms with van der Waals surface area (Å²) >= 11 is 0. The fourth-order valence-corrected chi connectivity index (χ4v) is 3.45. The van der Waals surface area contributed by atoms with Crippen molar-refractivity contribution >= 4 is 11.5 Å². The maximum absolute atomic E-state index is 12.3. The summed E-state index contributed by atoms with van der Waals surface area (Å²) in [6.07, 6.45) is 1.30. The van der Waals surface area contributed by atoms with Crippen LogP contribution in [-0.2, 0) is 4.79 Å². The molecule has 0 aliphatic heterocycles. The molecule has 1 atom stereocenters. The van der Waals surface area contributed by atoms with Gasteiger partial charge in [-0.1, -0.05) is 24.6 Å². The molecule has 0 heterocycles. The molecule has 0 fully saturated rings. The molecule has 1 aromatic carbocycles. The standard InChI is InChI=1S/C18H23NO2.C2H6O/c1-5-14(19)18-15(20)8-13(9-16(18)21)17-11(3)6-10(2)7-12(17)4;1-2-3/h6-7,13,19-20H,5,8-9H2,1-4H3;3H,2H2,1H3. The highest BCUT2D eigenvalue weighted by Crippen LogP contribution is 2.37. The van der Waals surface area contributed by atoms with E-state index in [9.17, 15) is 9.90 Å². The molecule has 24 heavy (non-hydrogen) atoms. The van der Waals surface area contributed by atoms with Gasteiger partial charge in [0, 0.05) is 25.2 Å².